The Morgan fingerprint density at radius 3 is 2.81 bits per heavy atom. The van der Waals surface area contributed by atoms with E-state index in [4.69, 9.17) is 5.11 Å². The lowest BCUT2D eigenvalue weighted by atomic mass is 10.2. The topological polar surface area (TPSA) is 62.2 Å². The molecule has 0 saturated carbocycles. The monoisotopic (exact) mass is 284 g/mol. The van der Waals surface area contributed by atoms with E-state index in [-0.39, 0.29) is 5.56 Å². The average molecular weight is 285 g/mol. The van der Waals surface area contributed by atoms with Crippen LogP contribution in [0.3, 0.4) is 0 Å². The second-order valence-corrected chi connectivity index (χ2v) is 4.38. The zero-order chi connectivity index (χ0) is 12.1. The molecule has 0 amide bonds. The number of rotatable bonds is 5. The van der Waals surface area contributed by atoms with Gasteiger partial charge in [0, 0.05) is 16.7 Å². The van der Waals surface area contributed by atoms with E-state index < -0.39 is 5.97 Å². The number of carbonyl (C=O) groups is 1. The standard InChI is InChI=1S/C11H13BrN2O2/c1-3-9-4-8(11(15)16)5-10(14-9)13-6-7(2)12/h4-5H,2-3,6H2,1H3,(H,13,14)(H,15,16). The van der Waals surface area contributed by atoms with E-state index in [9.17, 15) is 4.79 Å². The van der Waals surface area contributed by atoms with Crippen LogP contribution in [-0.2, 0) is 6.42 Å². The maximum absolute atomic E-state index is 10.9. The Kier molecular flexibility index (Phi) is 4.49. The first kappa shape index (κ1) is 12.7. The van der Waals surface area contributed by atoms with Gasteiger partial charge >= 0.3 is 5.97 Å². The number of hydrogen-bond acceptors (Lipinski definition) is 3. The van der Waals surface area contributed by atoms with Gasteiger partial charge in [0.15, 0.2) is 0 Å². The molecule has 0 radical (unpaired) electrons. The van der Waals surface area contributed by atoms with Gasteiger partial charge < -0.3 is 10.4 Å². The normalized spacial score (nSPS) is 9.88. The molecule has 1 aromatic heterocycles. The lowest BCUT2D eigenvalue weighted by molar-refractivity contribution is 0.0696. The Labute approximate surface area is 103 Å². The minimum atomic E-state index is -0.946. The molecule has 1 heterocycles. The van der Waals surface area contributed by atoms with Crippen LogP contribution in [0.2, 0.25) is 0 Å². The molecule has 0 aromatic carbocycles. The maximum Gasteiger partial charge on any atom is 0.335 e. The summed E-state index contributed by atoms with van der Waals surface area (Å²) in [6, 6.07) is 3.09. The summed E-state index contributed by atoms with van der Waals surface area (Å²) in [6.45, 7) is 6.13. The van der Waals surface area contributed by atoms with Crippen molar-refractivity contribution in [2.24, 2.45) is 0 Å². The predicted molar refractivity (Wildman–Crippen MR) is 67.1 cm³/mol. The number of aryl methyl sites for hydroxylation is 1. The molecular weight excluding hydrogens is 272 g/mol. The summed E-state index contributed by atoms with van der Waals surface area (Å²) < 4.78 is 0.785. The van der Waals surface area contributed by atoms with Gasteiger partial charge in [-0.15, -0.1) is 0 Å². The lowest BCUT2D eigenvalue weighted by Gasteiger charge is -2.07. The van der Waals surface area contributed by atoms with Gasteiger partial charge in [0.2, 0.25) is 0 Å². The Bertz CT molecular complexity index is 418. The molecular formula is C11H13BrN2O2. The smallest absolute Gasteiger partial charge is 0.335 e. The summed E-state index contributed by atoms with van der Waals surface area (Å²) in [5.74, 6) is -0.393. The van der Waals surface area contributed by atoms with Crippen molar-refractivity contribution in [3.8, 4) is 0 Å². The summed E-state index contributed by atoms with van der Waals surface area (Å²) in [5.41, 5.74) is 0.997. The van der Waals surface area contributed by atoms with Gasteiger partial charge in [0.25, 0.3) is 0 Å². The van der Waals surface area contributed by atoms with Crippen LogP contribution in [0.15, 0.2) is 23.2 Å². The number of carboxylic acid groups (broad SMARTS) is 1. The van der Waals surface area contributed by atoms with Crippen molar-refractivity contribution in [3.63, 3.8) is 0 Å². The molecule has 2 N–H and O–H groups in total. The van der Waals surface area contributed by atoms with Crippen LogP contribution in [0.1, 0.15) is 23.0 Å². The average Bonchev–Trinajstić information content (AvgIpc) is 2.25. The number of halogens is 1. The highest BCUT2D eigenvalue weighted by Crippen LogP contribution is 2.12. The molecule has 0 bridgehead atoms. The summed E-state index contributed by atoms with van der Waals surface area (Å²) in [4.78, 5) is 15.1. The van der Waals surface area contributed by atoms with Crippen molar-refractivity contribution >= 4 is 27.7 Å². The fourth-order valence-corrected chi connectivity index (χ4v) is 1.31. The molecule has 0 aliphatic heterocycles. The fourth-order valence-electron chi connectivity index (χ4n) is 1.17. The summed E-state index contributed by atoms with van der Waals surface area (Å²) in [5, 5.41) is 11.9. The molecule has 0 aliphatic rings. The van der Waals surface area contributed by atoms with Gasteiger partial charge in [-0.05, 0) is 18.6 Å². The highest BCUT2D eigenvalue weighted by atomic mass is 79.9. The van der Waals surface area contributed by atoms with Gasteiger partial charge in [-0.1, -0.05) is 29.4 Å². The Hall–Kier alpha value is -1.36. The fraction of sp³-hybridized carbons (Fsp3) is 0.273. The van der Waals surface area contributed by atoms with Crippen molar-refractivity contribution < 1.29 is 9.90 Å². The van der Waals surface area contributed by atoms with Crippen molar-refractivity contribution in [3.05, 3.63) is 34.5 Å². The number of nitrogens with one attached hydrogen (secondary N) is 1. The molecule has 16 heavy (non-hydrogen) atoms. The third kappa shape index (κ3) is 3.66. The molecule has 0 fully saturated rings. The molecule has 0 spiro atoms. The van der Waals surface area contributed by atoms with E-state index in [0.29, 0.717) is 18.8 Å². The van der Waals surface area contributed by atoms with E-state index in [1.807, 2.05) is 6.92 Å². The van der Waals surface area contributed by atoms with Gasteiger partial charge in [0.05, 0.1) is 5.56 Å². The quantitative estimate of drug-likeness (QED) is 0.873. The van der Waals surface area contributed by atoms with Gasteiger partial charge in [-0.3, -0.25) is 0 Å². The number of hydrogen-bond donors (Lipinski definition) is 2. The van der Waals surface area contributed by atoms with E-state index in [0.717, 1.165) is 10.2 Å². The van der Waals surface area contributed by atoms with Crippen LogP contribution in [0.5, 0.6) is 0 Å². The van der Waals surface area contributed by atoms with E-state index >= 15 is 0 Å². The zero-order valence-corrected chi connectivity index (χ0v) is 10.5. The first-order valence-corrected chi connectivity index (χ1v) is 5.63. The summed E-state index contributed by atoms with van der Waals surface area (Å²) in [6.07, 6.45) is 0.699. The summed E-state index contributed by atoms with van der Waals surface area (Å²) >= 11 is 3.21. The second-order valence-electron chi connectivity index (χ2n) is 3.26. The van der Waals surface area contributed by atoms with Crippen LogP contribution < -0.4 is 5.32 Å². The molecule has 5 heteroatoms. The van der Waals surface area contributed by atoms with Crippen LogP contribution in [0.25, 0.3) is 0 Å². The molecule has 0 saturated heterocycles. The molecule has 0 atom stereocenters. The van der Waals surface area contributed by atoms with Crippen molar-refractivity contribution in [1.82, 2.24) is 4.98 Å². The Morgan fingerprint density at radius 1 is 1.62 bits per heavy atom. The van der Waals surface area contributed by atoms with E-state index in [1.54, 1.807) is 6.07 Å². The molecule has 4 nitrogen and oxygen atoms in total. The van der Waals surface area contributed by atoms with Crippen molar-refractivity contribution in [1.29, 1.82) is 0 Å². The molecule has 1 aromatic rings. The van der Waals surface area contributed by atoms with Crippen LogP contribution >= 0.6 is 15.9 Å². The summed E-state index contributed by atoms with van der Waals surface area (Å²) in [7, 11) is 0. The van der Waals surface area contributed by atoms with Crippen molar-refractivity contribution in [2.45, 2.75) is 13.3 Å². The molecule has 1 rings (SSSR count). The third-order valence-corrected chi connectivity index (χ3v) is 2.23. The molecule has 86 valence electrons. The largest absolute Gasteiger partial charge is 0.478 e. The highest BCUT2D eigenvalue weighted by molar-refractivity contribution is 9.11. The minimum absolute atomic E-state index is 0.245. The Morgan fingerprint density at radius 2 is 2.31 bits per heavy atom. The zero-order valence-electron chi connectivity index (χ0n) is 8.96. The van der Waals surface area contributed by atoms with E-state index in [1.165, 1.54) is 6.07 Å². The number of aromatic carboxylic acids is 1. The van der Waals surface area contributed by atoms with Crippen LogP contribution in [0, 0.1) is 0 Å². The van der Waals surface area contributed by atoms with Gasteiger partial charge in [-0.2, -0.15) is 0 Å². The first-order valence-electron chi connectivity index (χ1n) is 4.84. The number of aromatic nitrogens is 1. The minimum Gasteiger partial charge on any atom is -0.478 e. The number of carboxylic acids is 1. The maximum atomic E-state index is 10.9. The SMILES string of the molecule is C=C(Br)CNc1cc(C(=O)O)cc(CC)n1. The Balaban J connectivity index is 2.95. The number of nitrogens with zero attached hydrogens (tertiary/aromatic N) is 1. The third-order valence-electron chi connectivity index (χ3n) is 1.95. The second kappa shape index (κ2) is 5.65. The van der Waals surface area contributed by atoms with Crippen LogP contribution in [-0.4, -0.2) is 22.6 Å². The highest BCUT2D eigenvalue weighted by Gasteiger charge is 2.07. The van der Waals surface area contributed by atoms with Gasteiger partial charge in [-0.25, -0.2) is 9.78 Å². The molecule has 0 unspecified atom stereocenters. The molecule has 0 aliphatic carbocycles. The predicted octanol–water partition coefficient (Wildman–Crippen LogP) is 2.66. The lowest BCUT2D eigenvalue weighted by Crippen LogP contribution is -2.07. The van der Waals surface area contributed by atoms with Crippen LogP contribution in [0.4, 0.5) is 5.82 Å². The first-order chi connectivity index (χ1) is 7.52. The van der Waals surface area contributed by atoms with E-state index in [2.05, 4.69) is 32.8 Å². The number of pyridine rings is 1. The van der Waals surface area contributed by atoms with Gasteiger partial charge in [0.1, 0.15) is 5.82 Å². The number of anilines is 1. The van der Waals surface area contributed by atoms with Crippen molar-refractivity contribution in [2.75, 3.05) is 11.9 Å².